The maximum Gasteiger partial charge on any atom is 0.306 e. The van der Waals surface area contributed by atoms with Crippen molar-refractivity contribution in [3.8, 4) is 0 Å². The van der Waals surface area contributed by atoms with E-state index >= 15 is 0 Å². The van der Waals surface area contributed by atoms with E-state index in [1.807, 2.05) is 0 Å². The number of methoxy groups -OCH3 is 2. The van der Waals surface area contributed by atoms with Crippen molar-refractivity contribution in [2.75, 3.05) is 33.9 Å². The Morgan fingerprint density at radius 3 is 2.65 bits per heavy atom. The third-order valence-electron chi connectivity index (χ3n) is 2.61. The number of pyridine rings is 1. The number of aromatic nitrogens is 1. The maximum absolute atomic E-state index is 12.4. The summed E-state index contributed by atoms with van der Waals surface area (Å²) in [5.74, 6) is -0.464. The van der Waals surface area contributed by atoms with Crippen LogP contribution in [0.15, 0.2) is 29.4 Å². The van der Waals surface area contributed by atoms with E-state index < -0.39 is 16.0 Å². The van der Waals surface area contributed by atoms with Crippen LogP contribution < -0.4 is 0 Å². The standard InChI is InChI=1S/C12H18N2O5S/c1-18-9-8-14(7-5-12(15)19-2)20(16,17)11-4-3-6-13-10-11/h3-4,6,10H,5,7-9H2,1-2H3. The molecule has 1 aromatic heterocycles. The van der Waals surface area contributed by atoms with Gasteiger partial charge in [0.1, 0.15) is 4.90 Å². The molecule has 0 aromatic carbocycles. The fraction of sp³-hybridized carbons (Fsp3) is 0.500. The summed E-state index contributed by atoms with van der Waals surface area (Å²) in [5.41, 5.74) is 0. The summed E-state index contributed by atoms with van der Waals surface area (Å²) in [7, 11) is -0.951. The molecule has 8 heteroatoms. The van der Waals surface area contributed by atoms with Crippen LogP contribution in [0.4, 0.5) is 0 Å². The molecule has 0 fully saturated rings. The second kappa shape index (κ2) is 7.93. The molecule has 0 radical (unpaired) electrons. The van der Waals surface area contributed by atoms with E-state index in [1.165, 1.54) is 37.0 Å². The van der Waals surface area contributed by atoms with Crippen molar-refractivity contribution >= 4 is 16.0 Å². The molecule has 112 valence electrons. The molecule has 0 N–H and O–H groups in total. The molecular weight excluding hydrogens is 284 g/mol. The number of carbonyl (C=O) groups excluding carboxylic acids is 1. The lowest BCUT2D eigenvalue weighted by Crippen LogP contribution is -2.35. The first-order valence-electron chi connectivity index (χ1n) is 5.98. The fourth-order valence-corrected chi connectivity index (χ4v) is 2.90. The minimum Gasteiger partial charge on any atom is -0.469 e. The van der Waals surface area contributed by atoms with Gasteiger partial charge in [0.15, 0.2) is 0 Å². The van der Waals surface area contributed by atoms with Crippen LogP contribution in [-0.2, 0) is 24.3 Å². The van der Waals surface area contributed by atoms with E-state index in [2.05, 4.69) is 9.72 Å². The van der Waals surface area contributed by atoms with E-state index in [0.29, 0.717) is 0 Å². The number of hydrogen-bond donors (Lipinski definition) is 0. The van der Waals surface area contributed by atoms with E-state index in [4.69, 9.17) is 4.74 Å². The summed E-state index contributed by atoms with van der Waals surface area (Å²) >= 11 is 0. The molecule has 0 atom stereocenters. The molecule has 0 spiro atoms. The minimum absolute atomic E-state index is 0.0142. The van der Waals surface area contributed by atoms with Gasteiger partial charge in [-0.3, -0.25) is 9.78 Å². The highest BCUT2D eigenvalue weighted by molar-refractivity contribution is 7.89. The van der Waals surface area contributed by atoms with Crippen LogP contribution in [-0.4, -0.2) is 57.6 Å². The summed E-state index contributed by atoms with van der Waals surface area (Å²) < 4.78 is 35.4. The number of rotatable bonds is 8. The number of nitrogens with zero attached hydrogens (tertiary/aromatic N) is 2. The largest absolute Gasteiger partial charge is 0.469 e. The number of ether oxygens (including phenoxy) is 2. The van der Waals surface area contributed by atoms with Gasteiger partial charge in [0.25, 0.3) is 0 Å². The van der Waals surface area contributed by atoms with Crippen LogP contribution in [0.25, 0.3) is 0 Å². The number of carbonyl (C=O) groups is 1. The molecule has 1 aromatic rings. The zero-order valence-corrected chi connectivity index (χ0v) is 12.3. The Hall–Kier alpha value is -1.51. The van der Waals surface area contributed by atoms with Crippen LogP contribution >= 0.6 is 0 Å². The van der Waals surface area contributed by atoms with Crippen molar-refractivity contribution in [1.82, 2.24) is 9.29 Å². The normalized spacial score (nSPS) is 11.6. The molecular formula is C12H18N2O5S. The fourth-order valence-electron chi connectivity index (χ4n) is 1.51. The lowest BCUT2D eigenvalue weighted by atomic mass is 10.4. The van der Waals surface area contributed by atoms with Gasteiger partial charge in [-0.2, -0.15) is 4.31 Å². The summed E-state index contributed by atoms with van der Waals surface area (Å²) in [5, 5.41) is 0. The van der Waals surface area contributed by atoms with E-state index in [0.717, 1.165) is 0 Å². The van der Waals surface area contributed by atoms with Gasteiger partial charge in [-0.15, -0.1) is 0 Å². The molecule has 7 nitrogen and oxygen atoms in total. The Morgan fingerprint density at radius 2 is 2.10 bits per heavy atom. The zero-order valence-electron chi connectivity index (χ0n) is 11.5. The SMILES string of the molecule is COCCN(CCC(=O)OC)S(=O)(=O)c1cccnc1. The predicted molar refractivity (Wildman–Crippen MR) is 71.5 cm³/mol. The van der Waals surface area contributed by atoms with Gasteiger partial charge in [-0.25, -0.2) is 8.42 Å². The zero-order chi connectivity index (χ0) is 15.0. The second-order valence-corrected chi connectivity index (χ2v) is 5.85. The lowest BCUT2D eigenvalue weighted by Gasteiger charge is -2.21. The minimum atomic E-state index is -3.69. The van der Waals surface area contributed by atoms with Crippen molar-refractivity contribution in [2.24, 2.45) is 0 Å². The molecule has 1 heterocycles. The van der Waals surface area contributed by atoms with Crippen LogP contribution in [0.5, 0.6) is 0 Å². The lowest BCUT2D eigenvalue weighted by molar-refractivity contribution is -0.140. The predicted octanol–water partition coefficient (Wildman–Crippen LogP) is 0.282. The Balaban J connectivity index is 2.88. The molecule has 0 aliphatic rings. The topological polar surface area (TPSA) is 85.8 Å². The van der Waals surface area contributed by atoms with Crippen molar-refractivity contribution in [3.63, 3.8) is 0 Å². The van der Waals surface area contributed by atoms with Gasteiger partial charge >= 0.3 is 5.97 Å². The summed E-state index contributed by atoms with van der Waals surface area (Å²) in [6, 6.07) is 3.00. The molecule has 0 amide bonds. The average molecular weight is 302 g/mol. The summed E-state index contributed by atoms with van der Waals surface area (Å²) in [6.07, 6.45) is 2.75. The van der Waals surface area contributed by atoms with Gasteiger partial charge in [0.05, 0.1) is 20.1 Å². The Morgan fingerprint density at radius 1 is 1.35 bits per heavy atom. The third-order valence-corrected chi connectivity index (χ3v) is 4.49. The van der Waals surface area contributed by atoms with Crippen molar-refractivity contribution in [3.05, 3.63) is 24.5 Å². The molecule has 0 aliphatic heterocycles. The summed E-state index contributed by atoms with van der Waals surface area (Å²) in [6.45, 7) is 0.429. The highest BCUT2D eigenvalue weighted by Gasteiger charge is 2.24. The highest BCUT2D eigenvalue weighted by Crippen LogP contribution is 2.14. The van der Waals surface area contributed by atoms with Gasteiger partial charge < -0.3 is 9.47 Å². The van der Waals surface area contributed by atoms with Crippen LogP contribution in [0.3, 0.4) is 0 Å². The van der Waals surface area contributed by atoms with Gasteiger partial charge in [-0.05, 0) is 12.1 Å². The molecule has 1 rings (SSSR count). The quantitative estimate of drug-likeness (QED) is 0.641. The van der Waals surface area contributed by atoms with Crippen LogP contribution in [0, 0.1) is 0 Å². The number of hydrogen-bond acceptors (Lipinski definition) is 6. The molecule has 0 saturated carbocycles. The van der Waals surface area contributed by atoms with Gasteiger partial charge in [-0.1, -0.05) is 0 Å². The first-order chi connectivity index (χ1) is 9.52. The first kappa shape index (κ1) is 16.5. The second-order valence-electron chi connectivity index (χ2n) is 3.91. The molecule has 0 aliphatic carbocycles. The van der Waals surface area contributed by atoms with Gasteiger partial charge in [0, 0.05) is 32.6 Å². The van der Waals surface area contributed by atoms with Gasteiger partial charge in [0.2, 0.25) is 10.0 Å². The molecule has 0 unspecified atom stereocenters. The molecule has 20 heavy (non-hydrogen) atoms. The van der Waals surface area contributed by atoms with Crippen molar-refractivity contribution in [1.29, 1.82) is 0 Å². The smallest absolute Gasteiger partial charge is 0.306 e. The van der Waals surface area contributed by atoms with Crippen molar-refractivity contribution < 1.29 is 22.7 Å². The third kappa shape index (κ3) is 4.55. The maximum atomic E-state index is 12.4. The van der Waals surface area contributed by atoms with Crippen LogP contribution in [0.1, 0.15) is 6.42 Å². The highest BCUT2D eigenvalue weighted by atomic mass is 32.2. The number of sulfonamides is 1. The van der Waals surface area contributed by atoms with E-state index in [1.54, 1.807) is 6.07 Å². The first-order valence-corrected chi connectivity index (χ1v) is 7.42. The monoisotopic (exact) mass is 302 g/mol. The molecule has 0 saturated heterocycles. The number of esters is 1. The van der Waals surface area contributed by atoms with E-state index in [-0.39, 0.29) is 31.0 Å². The average Bonchev–Trinajstić information content (AvgIpc) is 2.47. The van der Waals surface area contributed by atoms with Crippen molar-refractivity contribution in [2.45, 2.75) is 11.3 Å². The van der Waals surface area contributed by atoms with E-state index in [9.17, 15) is 13.2 Å². The Labute approximate surface area is 118 Å². The Kier molecular flexibility index (Phi) is 6.56. The molecule has 0 bridgehead atoms. The summed E-state index contributed by atoms with van der Waals surface area (Å²) in [4.78, 5) is 15.0. The van der Waals surface area contributed by atoms with Crippen LogP contribution in [0.2, 0.25) is 0 Å². The Bertz CT molecular complexity index is 518.